The lowest BCUT2D eigenvalue weighted by Crippen LogP contribution is -1.99. The fourth-order valence-corrected chi connectivity index (χ4v) is 0.642. The number of anilines is 3. The van der Waals surface area contributed by atoms with Crippen LogP contribution in [0.3, 0.4) is 0 Å². The van der Waals surface area contributed by atoms with Gasteiger partial charge in [-0.25, -0.2) is 0 Å². The van der Waals surface area contributed by atoms with Crippen LogP contribution in [0.15, 0.2) is 12.1 Å². The summed E-state index contributed by atoms with van der Waals surface area (Å²) in [6, 6.07) is 2.90. The summed E-state index contributed by atoms with van der Waals surface area (Å²) < 4.78 is 0. The van der Waals surface area contributed by atoms with Gasteiger partial charge in [-0.15, -0.1) is 0 Å². The molecule has 0 aliphatic heterocycles. The maximum Gasteiger partial charge on any atom is 0.140 e. The van der Waals surface area contributed by atoms with Crippen LogP contribution >= 0.6 is 0 Å². The summed E-state index contributed by atoms with van der Waals surface area (Å²) in [6.07, 6.45) is 0. The van der Waals surface area contributed by atoms with Crippen LogP contribution in [0, 0.1) is 0 Å². The lowest BCUT2D eigenvalue weighted by atomic mass is 10.2. The first-order chi connectivity index (χ1) is 5.63. The molecule has 0 unspecified atom stereocenters. The van der Waals surface area contributed by atoms with Gasteiger partial charge in [-0.2, -0.15) is 0 Å². The molecule has 1 rings (SSSR count). The number of nitrogens with two attached hydrogens (primary N) is 3. The van der Waals surface area contributed by atoms with Crippen molar-refractivity contribution in [2.75, 3.05) is 17.2 Å². The maximum absolute atomic E-state index is 8.96. The van der Waals surface area contributed by atoms with Crippen LogP contribution in [-0.2, 0) is 4.79 Å². The van der Waals surface area contributed by atoms with E-state index in [2.05, 4.69) is 0 Å². The van der Waals surface area contributed by atoms with E-state index in [-0.39, 0.29) is 17.1 Å². The topological polar surface area (TPSA) is 115 Å². The number of hydrogen-bond donors (Lipinski definition) is 4. The van der Waals surface area contributed by atoms with Gasteiger partial charge in [0.05, 0.1) is 17.1 Å². The zero-order chi connectivity index (χ0) is 9.72. The van der Waals surface area contributed by atoms with Gasteiger partial charge in [0.1, 0.15) is 12.5 Å². The number of carbonyl (C=O) groups is 1. The minimum Gasteiger partial charge on any atom is -0.506 e. The average molecular weight is 169 g/mol. The highest BCUT2D eigenvalue weighted by Gasteiger charge is 2.02. The van der Waals surface area contributed by atoms with Gasteiger partial charge in [-0.3, -0.25) is 0 Å². The quantitative estimate of drug-likeness (QED) is 0.247. The Morgan fingerprint density at radius 1 is 1.08 bits per heavy atom. The van der Waals surface area contributed by atoms with Crippen LogP contribution in [0.2, 0.25) is 0 Å². The van der Waals surface area contributed by atoms with E-state index in [9.17, 15) is 0 Å². The van der Waals surface area contributed by atoms with Crippen molar-refractivity contribution >= 4 is 23.9 Å². The van der Waals surface area contributed by atoms with Gasteiger partial charge in [0.25, 0.3) is 0 Å². The smallest absolute Gasteiger partial charge is 0.140 e. The molecule has 0 saturated carbocycles. The first-order valence-corrected chi connectivity index (χ1v) is 3.04. The van der Waals surface area contributed by atoms with Crippen molar-refractivity contribution in [1.82, 2.24) is 0 Å². The molecule has 0 amide bonds. The molecule has 0 spiro atoms. The first-order valence-electron chi connectivity index (χ1n) is 3.04. The zero-order valence-corrected chi connectivity index (χ0v) is 6.45. The van der Waals surface area contributed by atoms with Crippen molar-refractivity contribution in [2.24, 2.45) is 0 Å². The summed E-state index contributed by atoms with van der Waals surface area (Å²) in [5.74, 6) is -0.0355. The second-order valence-electron chi connectivity index (χ2n) is 2.00. The summed E-state index contributed by atoms with van der Waals surface area (Å²) in [5, 5.41) is 8.96. The molecule has 0 bridgehead atoms. The van der Waals surface area contributed by atoms with Crippen LogP contribution in [0.1, 0.15) is 0 Å². The van der Waals surface area contributed by atoms with Crippen LogP contribution in [0.5, 0.6) is 5.75 Å². The summed E-state index contributed by atoms with van der Waals surface area (Å²) in [6.45, 7) is 2.00. The lowest BCUT2D eigenvalue weighted by Gasteiger charge is -2.04. The van der Waals surface area contributed by atoms with Crippen molar-refractivity contribution in [3.05, 3.63) is 12.1 Å². The number of aromatic hydroxyl groups is 1. The summed E-state index contributed by atoms with van der Waals surface area (Å²) in [5.41, 5.74) is 16.8. The highest BCUT2D eigenvalue weighted by atomic mass is 16.3. The Labute approximate surface area is 69.8 Å². The molecule has 1 aromatic carbocycles. The monoisotopic (exact) mass is 169 g/mol. The molecule has 0 atom stereocenters. The Morgan fingerprint density at radius 3 is 2.00 bits per heavy atom. The van der Waals surface area contributed by atoms with Crippen LogP contribution < -0.4 is 17.2 Å². The number of phenols is 1. The molecule has 5 nitrogen and oxygen atoms in total. The van der Waals surface area contributed by atoms with Gasteiger partial charge in [0.15, 0.2) is 0 Å². The number of carbonyl (C=O) groups excluding carboxylic acids is 1. The Kier molecular flexibility index (Phi) is 3.42. The van der Waals surface area contributed by atoms with Crippen molar-refractivity contribution in [3.63, 3.8) is 0 Å². The van der Waals surface area contributed by atoms with Crippen molar-refractivity contribution in [2.45, 2.75) is 0 Å². The molecule has 0 saturated heterocycles. The van der Waals surface area contributed by atoms with Crippen molar-refractivity contribution in [3.8, 4) is 5.75 Å². The molecular formula is C7H11N3O2. The van der Waals surface area contributed by atoms with E-state index >= 15 is 0 Å². The maximum atomic E-state index is 8.96. The third-order valence-electron chi connectivity index (χ3n) is 1.30. The van der Waals surface area contributed by atoms with Crippen LogP contribution in [0.25, 0.3) is 0 Å². The molecule has 0 heterocycles. The fourth-order valence-electron chi connectivity index (χ4n) is 0.642. The van der Waals surface area contributed by atoms with E-state index < -0.39 is 0 Å². The molecule has 0 aliphatic carbocycles. The SMILES string of the molecule is C=O.Nc1ccc(O)c(N)c1N. The highest BCUT2D eigenvalue weighted by Crippen LogP contribution is 2.30. The molecule has 1 aromatic rings. The molecule has 7 N–H and O–H groups in total. The van der Waals surface area contributed by atoms with Gasteiger partial charge in [0, 0.05) is 0 Å². The van der Waals surface area contributed by atoms with Gasteiger partial charge < -0.3 is 27.1 Å². The number of nitrogen functional groups attached to an aromatic ring is 3. The van der Waals surface area contributed by atoms with E-state index in [1.54, 1.807) is 0 Å². The Balaban J connectivity index is 0.000000561. The van der Waals surface area contributed by atoms with E-state index in [0.717, 1.165) is 0 Å². The molecule has 5 heteroatoms. The third-order valence-corrected chi connectivity index (χ3v) is 1.30. The predicted molar refractivity (Wildman–Crippen MR) is 48.5 cm³/mol. The van der Waals surface area contributed by atoms with Crippen LogP contribution in [0.4, 0.5) is 17.1 Å². The minimum absolute atomic E-state index is 0.0355. The van der Waals surface area contributed by atoms with Crippen molar-refractivity contribution < 1.29 is 9.90 Å². The number of rotatable bonds is 0. The molecule has 0 aliphatic rings. The second kappa shape index (κ2) is 4.07. The molecule has 0 fully saturated rings. The Bertz CT molecular complexity index is 249. The van der Waals surface area contributed by atoms with E-state index in [4.69, 9.17) is 27.1 Å². The number of hydrogen-bond acceptors (Lipinski definition) is 5. The first kappa shape index (κ1) is 10.1. The van der Waals surface area contributed by atoms with Gasteiger partial charge in [0.2, 0.25) is 0 Å². The Hall–Kier alpha value is -1.91. The molecule has 12 heavy (non-hydrogen) atoms. The second-order valence-corrected chi connectivity index (χ2v) is 2.00. The molecular weight excluding hydrogens is 158 g/mol. The summed E-state index contributed by atoms with van der Waals surface area (Å²) >= 11 is 0. The predicted octanol–water partition coefficient (Wildman–Crippen LogP) is -0.0461. The zero-order valence-electron chi connectivity index (χ0n) is 6.45. The Morgan fingerprint density at radius 2 is 1.58 bits per heavy atom. The summed E-state index contributed by atoms with van der Waals surface area (Å²) in [4.78, 5) is 8.00. The number of benzene rings is 1. The normalized spacial score (nSPS) is 8.33. The van der Waals surface area contributed by atoms with Gasteiger partial charge in [-0.1, -0.05) is 0 Å². The molecule has 66 valence electrons. The fraction of sp³-hybridized carbons (Fsp3) is 0. The lowest BCUT2D eigenvalue weighted by molar-refractivity contribution is -0.0979. The number of phenolic OH excluding ortho intramolecular Hbond substituents is 1. The van der Waals surface area contributed by atoms with E-state index in [1.807, 2.05) is 6.79 Å². The highest BCUT2D eigenvalue weighted by molar-refractivity contribution is 5.81. The van der Waals surface area contributed by atoms with Crippen molar-refractivity contribution in [1.29, 1.82) is 0 Å². The molecule has 0 radical (unpaired) electrons. The largest absolute Gasteiger partial charge is 0.506 e. The van der Waals surface area contributed by atoms with E-state index in [1.165, 1.54) is 12.1 Å². The van der Waals surface area contributed by atoms with Crippen LogP contribution in [-0.4, -0.2) is 11.9 Å². The van der Waals surface area contributed by atoms with E-state index in [0.29, 0.717) is 5.69 Å². The standard InChI is InChI=1S/C6H9N3O.CH2O/c7-3-1-2-4(10)6(9)5(3)8;1-2/h1-2,10H,7-9H2;1H2. The molecule has 0 aromatic heterocycles. The van der Waals surface area contributed by atoms with Gasteiger partial charge >= 0.3 is 0 Å². The van der Waals surface area contributed by atoms with Gasteiger partial charge in [-0.05, 0) is 12.1 Å². The average Bonchev–Trinajstić information content (AvgIpc) is 2.12. The summed E-state index contributed by atoms with van der Waals surface area (Å²) in [7, 11) is 0. The third kappa shape index (κ3) is 1.79. The minimum atomic E-state index is -0.0355.